The largest absolute Gasteiger partial charge is 0.364 e. The molecular weight excluding hydrogens is 253 g/mol. The van der Waals surface area contributed by atoms with Crippen molar-refractivity contribution in [2.45, 2.75) is 13.8 Å². The van der Waals surface area contributed by atoms with Crippen molar-refractivity contribution in [3.05, 3.63) is 65.5 Å². The maximum atomic E-state index is 12.9. The highest BCUT2D eigenvalue weighted by Gasteiger charge is 2.13. The average Bonchev–Trinajstić information content (AvgIpc) is 2.46. The maximum absolute atomic E-state index is 12.9. The first-order chi connectivity index (χ1) is 9.61. The molecule has 0 radical (unpaired) electrons. The lowest BCUT2D eigenvalue weighted by molar-refractivity contribution is 0.0998. The van der Waals surface area contributed by atoms with E-state index in [1.54, 1.807) is 12.1 Å². The van der Waals surface area contributed by atoms with Gasteiger partial charge < -0.3 is 4.90 Å². The van der Waals surface area contributed by atoms with Crippen molar-refractivity contribution in [3.8, 4) is 0 Å². The predicted molar refractivity (Wildman–Crippen MR) is 79.8 cm³/mol. The topological polar surface area (TPSA) is 20.3 Å². The second-order valence-electron chi connectivity index (χ2n) is 4.73. The Morgan fingerprint density at radius 2 is 1.75 bits per heavy atom. The number of halogens is 1. The van der Waals surface area contributed by atoms with Gasteiger partial charge in [-0.05, 0) is 43.7 Å². The number of aryl methyl sites for hydroxylation is 1. The van der Waals surface area contributed by atoms with Gasteiger partial charge in [0.2, 0.25) is 0 Å². The number of hydrogen-bond donors (Lipinski definition) is 0. The van der Waals surface area contributed by atoms with Crippen molar-refractivity contribution in [3.63, 3.8) is 0 Å². The normalized spacial score (nSPS) is 10.3. The number of anilines is 1. The molecule has 0 unspecified atom stereocenters. The van der Waals surface area contributed by atoms with Gasteiger partial charge in [-0.15, -0.1) is 0 Å². The smallest absolute Gasteiger partial charge is 0.182 e. The number of carbonyl (C=O) groups excluding carboxylic acids is 1. The molecule has 0 aromatic heterocycles. The highest BCUT2D eigenvalue weighted by Crippen LogP contribution is 2.16. The zero-order chi connectivity index (χ0) is 14.5. The summed E-state index contributed by atoms with van der Waals surface area (Å²) < 4.78 is 12.9. The molecule has 2 aromatic carbocycles. The Balaban J connectivity index is 2.16. The molecule has 0 spiro atoms. The van der Waals surface area contributed by atoms with E-state index in [1.165, 1.54) is 12.1 Å². The van der Waals surface area contributed by atoms with Crippen LogP contribution in [-0.2, 0) is 0 Å². The minimum Gasteiger partial charge on any atom is -0.364 e. The number of hydrogen-bond acceptors (Lipinski definition) is 2. The molecule has 2 aromatic rings. The van der Waals surface area contributed by atoms with E-state index < -0.39 is 0 Å². The lowest BCUT2D eigenvalue weighted by Gasteiger charge is -2.22. The van der Waals surface area contributed by atoms with Crippen LogP contribution in [0.25, 0.3) is 0 Å². The summed E-state index contributed by atoms with van der Waals surface area (Å²) >= 11 is 0. The van der Waals surface area contributed by atoms with E-state index in [0.717, 1.165) is 16.8 Å². The van der Waals surface area contributed by atoms with Crippen molar-refractivity contribution in [2.24, 2.45) is 0 Å². The summed E-state index contributed by atoms with van der Waals surface area (Å²) in [5, 5.41) is 0. The molecule has 0 atom stereocenters. The highest BCUT2D eigenvalue weighted by atomic mass is 19.1. The second kappa shape index (κ2) is 6.33. The molecule has 104 valence electrons. The molecule has 2 nitrogen and oxygen atoms in total. The quantitative estimate of drug-likeness (QED) is 0.770. The first-order valence-electron chi connectivity index (χ1n) is 6.71. The number of benzene rings is 2. The van der Waals surface area contributed by atoms with Gasteiger partial charge in [0.05, 0.1) is 6.54 Å². The van der Waals surface area contributed by atoms with Crippen LogP contribution < -0.4 is 4.90 Å². The van der Waals surface area contributed by atoms with Gasteiger partial charge in [-0.25, -0.2) is 4.39 Å². The molecule has 0 aliphatic rings. The molecule has 0 saturated heterocycles. The number of ketones is 1. The van der Waals surface area contributed by atoms with E-state index >= 15 is 0 Å². The Morgan fingerprint density at radius 1 is 1.10 bits per heavy atom. The van der Waals surface area contributed by atoms with Gasteiger partial charge in [0.15, 0.2) is 5.78 Å². The summed E-state index contributed by atoms with van der Waals surface area (Å²) in [5.41, 5.74) is 2.58. The third kappa shape index (κ3) is 3.23. The first kappa shape index (κ1) is 14.3. The first-order valence-corrected chi connectivity index (χ1v) is 6.71. The number of nitrogens with zero attached hydrogens (tertiary/aromatic N) is 1. The van der Waals surface area contributed by atoms with E-state index in [2.05, 4.69) is 0 Å². The van der Waals surface area contributed by atoms with E-state index in [4.69, 9.17) is 0 Å². The summed E-state index contributed by atoms with van der Waals surface area (Å²) in [7, 11) is 0. The molecule has 0 saturated carbocycles. The number of likely N-dealkylation sites (N-methyl/N-ethyl adjacent to an activating group) is 1. The van der Waals surface area contributed by atoms with Gasteiger partial charge in [-0.2, -0.15) is 0 Å². The van der Waals surface area contributed by atoms with Gasteiger partial charge in [-0.1, -0.05) is 24.3 Å². The number of carbonyl (C=O) groups is 1. The fourth-order valence-electron chi connectivity index (χ4n) is 2.18. The standard InChI is InChI=1S/C17H18FNO/c1-3-19(15-10-8-14(18)9-11-15)12-17(20)16-7-5-4-6-13(16)2/h4-11H,3,12H2,1-2H3. The van der Waals surface area contributed by atoms with Crippen LogP contribution in [0, 0.1) is 12.7 Å². The van der Waals surface area contributed by atoms with Crippen LogP contribution in [0.3, 0.4) is 0 Å². The van der Waals surface area contributed by atoms with Crippen LogP contribution >= 0.6 is 0 Å². The second-order valence-corrected chi connectivity index (χ2v) is 4.73. The fourth-order valence-corrected chi connectivity index (χ4v) is 2.18. The summed E-state index contributed by atoms with van der Waals surface area (Å²) in [6.45, 7) is 4.91. The van der Waals surface area contributed by atoms with Crippen molar-refractivity contribution in [2.75, 3.05) is 18.0 Å². The Kier molecular flexibility index (Phi) is 4.51. The SMILES string of the molecule is CCN(CC(=O)c1ccccc1C)c1ccc(F)cc1. The molecule has 0 aliphatic heterocycles. The molecule has 0 N–H and O–H groups in total. The van der Waals surface area contributed by atoms with Crippen molar-refractivity contribution < 1.29 is 9.18 Å². The molecule has 0 aliphatic carbocycles. The van der Waals surface area contributed by atoms with Crippen molar-refractivity contribution in [1.82, 2.24) is 0 Å². The summed E-state index contributed by atoms with van der Waals surface area (Å²) in [5.74, 6) is -0.190. The molecule has 20 heavy (non-hydrogen) atoms. The van der Waals surface area contributed by atoms with Crippen LogP contribution in [0.15, 0.2) is 48.5 Å². The Bertz CT molecular complexity index is 592. The molecule has 2 rings (SSSR count). The summed E-state index contributed by atoms with van der Waals surface area (Å²) in [6.07, 6.45) is 0. The zero-order valence-corrected chi connectivity index (χ0v) is 11.8. The lowest BCUT2D eigenvalue weighted by atomic mass is 10.0. The van der Waals surface area contributed by atoms with Crippen LogP contribution in [0.2, 0.25) is 0 Å². The Hall–Kier alpha value is -2.16. The summed E-state index contributed by atoms with van der Waals surface area (Å²) in [6, 6.07) is 13.8. The van der Waals surface area contributed by atoms with E-state index in [9.17, 15) is 9.18 Å². The molecule has 3 heteroatoms. The van der Waals surface area contributed by atoms with E-state index in [-0.39, 0.29) is 11.6 Å². The van der Waals surface area contributed by atoms with Crippen LogP contribution in [0.4, 0.5) is 10.1 Å². The minimum atomic E-state index is -0.268. The van der Waals surface area contributed by atoms with Crippen molar-refractivity contribution >= 4 is 11.5 Å². The maximum Gasteiger partial charge on any atom is 0.182 e. The molecule has 0 bridgehead atoms. The monoisotopic (exact) mass is 271 g/mol. The van der Waals surface area contributed by atoms with Gasteiger partial charge in [0, 0.05) is 17.8 Å². The third-order valence-electron chi connectivity index (χ3n) is 3.35. The van der Waals surface area contributed by atoms with Crippen LogP contribution in [0.5, 0.6) is 0 Å². The lowest BCUT2D eigenvalue weighted by Crippen LogP contribution is -2.29. The minimum absolute atomic E-state index is 0.0780. The Morgan fingerprint density at radius 3 is 2.35 bits per heavy atom. The van der Waals surface area contributed by atoms with Gasteiger partial charge in [0.25, 0.3) is 0 Å². The van der Waals surface area contributed by atoms with Crippen LogP contribution in [0.1, 0.15) is 22.8 Å². The molecule has 0 heterocycles. The molecular formula is C17H18FNO. The Labute approximate surface area is 118 Å². The molecule has 0 amide bonds. The molecule has 0 fully saturated rings. The number of Topliss-reactive ketones (excluding diaryl/α,β-unsaturated/α-hetero) is 1. The van der Waals surface area contributed by atoms with E-state index in [0.29, 0.717) is 13.1 Å². The van der Waals surface area contributed by atoms with E-state index in [1.807, 2.05) is 43.0 Å². The highest BCUT2D eigenvalue weighted by molar-refractivity contribution is 6.00. The predicted octanol–water partition coefficient (Wildman–Crippen LogP) is 3.84. The van der Waals surface area contributed by atoms with Crippen LogP contribution in [-0.4, -0.2) is 18.9 Å². The third-order valence-corrected chi connectivity index (χ3v) is 3.35. The summed E-state index contributed by atoms with van der Waals surface area (Å²) in [4.78, 5) is 14.3. The average molecular weight is 271 g/mol. The zero-order valence-electron chi connectivity index (χ0n) is 11.8. The number of rotatable bonds is 5. The fraction of sp³-hybridized carbons (Fsp3) is 0.235. The van der Waals surface area contributed by atoms with Gasteiger partial charge in [0.1, 0.15) is 5.82 Å². The van der Waals surface area contributed by atoms with Crippen molar-refractivity contribution in [1.29, 1.82) is 0 Å². The van der Waals surface area contributed by atoms with Gasteiger partial charge >= 0.3 is 0 Å². The van der Waals surface area contributed by atoms with Gasteiger partial charge in [-0.3, -0.25) is 4.79 Å².